The van der Waals surface area contributed by atoms with Gasteiger partial charge in [-0.3, -0.25) is 4.79 Å². The summed E-state index contributed by atoms with van der Waals surface area (Å²) in [5.74, 6) is 1.44. The topological polar surface area (TPSA) is 26.8 Å². The molecule has 0 aliphatic carbocycles. The monoisotopic (exact) mass is 319 g/mol. The molecule has 4 nitrogen and oxygen atoms in total. The molecule has 3 heterocycles. The molecule has 3 rings (SSSR count). The highest BCUT2D eigenvalue weighted by atomic mass is 32.1. The van der Waals surface area contributed by atoms with Crippen LogP contribution < -0.4 is 4.90 Å². The van der Waals surface area contributed by atoms with Gasteiger partial charge in [0.2, 0.25) is 5.91 Å². The van der Waals surface area contributed by atoms with E-state index in [-0.39, 0.29) is 5.91 Å². The lowest BCUT2D eigenvalue weighted by Crippen LogP contribution is -2.32. The Morgan fingerprint density at radius 3 is 2.50 bits per heavy atom. The summed E-state index contributed by atoms with van der Waals surface area (Å²) in [5.41, 5.74) is 0. The van der Waals surface area contributed by atoms with E-state index in [0.29, 0.717) is 11.8 Å². The summed E-state index contributed by atoms with van der Waals surface area (Å²) in [4.78, 5) is 20.2. The second-order valence-corrected chi connectivity index (χ2v) is 7.98. The van der Waals surface area contributed by atoms with E-state index >= 15 is 0 Å². The number of likely N-dealkylation sites (N-methyl/N-ethyl adjacent to an activating group) is 1. The van der Waals surface area contributed by atoms with Gasteiger partial charge in [0.05, 0.1) is 5.00 Å². The quantitative estimate of drug-likeness (QED) is 0.795. The molecule has 2 aliphatic rings. The molecule has 120 valence electrons. The number of fused-ring (bicyclic) bond motifs is 1. The van der Waals surface area contributed by atoms with Crippen LogP contribution in [0, 0.1) is 18.8 Å². The van der Waals surface area contributed by atoms with Gasteiger partial charge in [0, 0.05) is 55.5 Å². The van der Waals surface area contributed by atoms with Crippen LogP contribution in [0.15, 0.2) is 24.3 Å². The van der Waals surface area contributed by atoms with E-state index in [9.17, 15) is 4.79 Å². The molecule has 0 N–H and O–H groups in total. The maximum Gasteiger partial charge on any atom is 0.246 e. The van der Waals surface area contributed by atoms with Gasteiger partial charge in [0.25, 0.3) is 0 Å². The summed E-state index contributed by atoms with van der Waals surface area (Å²) in [6.45, 7) is 6.99. The van der Waals surface area contributed by atoms with Crippen molar-refractivity contribution in [3.05, 3.63) is 29.2 Å². The molecule has 2 aliphatic heterocycles. The lowest BCUT2D eigenvalue weighted by Gasteiger charge is -2.21. The summed E-state index contributed by atoms with van der Waals surface area (Å²) in [5, 5.41) is 1.38. The van der Waals surface area contributed by atoms with Crippen LogP contribution in [0.2, 0.25) is 0 Å². The lowest BCUT2D eigenvalue weighted by atomic mass is 10.0. The smallest absolute Gasteiger partial charge is 0.246 e. The summed E-state index contributed by atoms with van der Waals surface area (Å²) in [7, 11) is 4.02. The molecule has 1 amide bonds. The van der Waals surface area contributed by atoms with Gasteiger partial charge in [-0.05, 0) is 33.2 Å². The Kier molecular flexibility index (Phi) is 4.54. The number of carbonyl (C=O) groups excluding carboxylic acids is 1. The first-order valence-corrected chi connectivity index (χ1v) is 8.76. The minimum absolute atomic E-state index is 0.176. The fraction of sp³-hybridized carbons (Fsp3) is 0.588. The predicted molar refractivity (Wildman–Crippen MR) is 92.5 cm³/mol. The highest BCUT2D eigenvalue weighted by Gasteiger charge is 2.41. The fourth-order valence-corrected chi connectivity index (χ4v) is 4.29. The number of likely N-dealkylation sites (tertiary alicyclic amines) is 1. The predicted octanol–water partition coefficient (Wildman–Crippen LogP) is 2.07. The second kappa shape index (κ2) is 6.42. The molecule has 1 aromatic heterocycles. The van der Waals surface area contributed by atoms with Crippen LogP contribution in [0.4, 0.5) is 5.00 Å². The third-order valence-corrected chi connectivity index (χ3v) is 5.63. The number of anilines is 1. The molecular formula is C17H25N3OS. The Labute approximate surface area is 137 Å². The minimum Gasteiger partial charge on any atom is -0.363 e. The highest BCUT2D eigenvalue weighted by Crippen LogP contribution is 2.36. The Balaban J connectivity index is 1.53. The molecule has 0 spiro atoms. The van der Waals surface area contributed by atoms with Crippen LogP contribution in [-0.2, 0) is 4.79 Å². The largest absolute Gasteiger partial charge is 0.363 e. The van der Waals surface area contributed by atoms with Gasteiger partial charge in [-0.2, -0.15) is 0 Å². The van der Waals surface area contributed by atoms with Crippen molar-refractivity contribution in [2.45, 2.75) is 6.92 Å². The van der Waals surface area contributed by atoms with Gasteiger partial charge < -0.3 is 14.7 Å². The molecule has 2 saturated heterocycles. The summed E-state index contributed by atoms with van der Waals surface area (Å²) in [6, 6.07) is 4.42. The van der Waals surface area contributed by atoms with E-state index in [2.05, 4.69) is 28.9 Å². The van der Waals surface area contributed by atoms with Gasteiger partial charge in [-0.1, -0.05) is 6.08 Å². The first kappa shape index (κ1) is 15.6. The summed E-state index contributed by atoms with van der Waals surface area (Å²) < 4.78 is 0. The molecule has 22 heavy (non-hydrogen) atoms. The Hall–Kier alpha value is -1.33. The number of amides is 1. The van der Waals surface area contributed by atoms with Crippen molar-refractivity contribution in [2.75, 3.05) is 51.7 Å². The molecular weight excluding hydrogens is 294 g/mol. The third kappa shape index (κ3) is 3.36. The molecule has 0 saturated carbocycles. The van der Waals surface area contributed by atoms with Gasteiger partial charge >= 0.3 is 0 Å². The fourth-order valence-electron chi connectivity index (χ4n) is 3.41. The second-order valence-electron chi connectivity index (χ2n) is 6.72. The molecule has 2 unspecified atom stereocenters. The normalized spacial score (nSPS) is 24.7. The SMILES string of the molecule is Cc1ccc(N2CC3CN(C(=O)/C=C/CN(C)C)CC3C2)s1. The van der Waals surface area contributed by atoms with Crippen molar-refractivity contribution in [2.24, 2.45) is 11.8 Å². The number of carbonyl (C=O) groups is 1. The van der Waals surface area contributed by atoms with Crippen LogP contribution in [0.1, 0.15) is 4.88 Å². The van der Waals surface area contributed by atoms with E-state index < -0.39 is 0 Å². The number of nitrogens with zero attached hydrogens (tertiary/aromatic N) is 3. The number of rotatable bonds is 4. The van der Waals surface area contributed by atoms with Gasteiger partial charge in [-0.15, -0.1) is 11.3 Å². The number of thiophene rings is 1. The zero-order chi connectivity index (χ0) is 15.7. The van der Waals surface area contributed by atoms with Crippen molar-refractivity contribution in [3.63, 3.8) is 0 Å². The first-order chi connectivity index (χ1) is 10.5. The van der Waals surface area contributed by atoms with Crippen LogP contribution in [0.5, 0.6) is 0 Å². The van der Waals surface area contributed by atoms with E-state index in [0.717, 1.165) is 32.7 Å². The Morgan fingerprint density at radius 1 is 1.27 bits per heavy atom. The molecule has 2 fully saturated rings. The third-order valence-electron chi connectivity index (χ3n) is 4.57. The van der Waals surface area contributed by atoms with Gasteiger partial charge in [-0.25, -0.2) is 0 Å². The first-order valence-electron chi connectivity index (χ1n) is 7.94. The molecule has 0 radical (unpaired) electrons. The molecule has 1 aromatic rings. The van der Waals surface area contributed by atoms with E-state index in [1.807, 2.05) is 36.4 Å². The number of aryl methyl sites for hydroxylation is 1. The maximum absolute atomic E-state index is 12.2. The zero-order valence-electron chi connectivity index (χ0n) is 13.7. The summed E-state index contributed by atoms with van der Waals surface area (Å²) in [6.07, 6.45) is 3.69. The average Bonchev–Trinajstić information content (AvgIpc) is 3.10. The average molecular weight is 319 g/mol. The van der Waals surface area contributed by atoms with Crippen molar-refractivity contribution < 1.29 is 4.79 Å². The van der Waals surface area contributed by atoms with Crippen LogP contribution in [-0.4, -0.2) is 62.5 Å². The Bertz CT molecular complexity index is 552. The van der Waals surface area contributed by atoms with Gasteiger partial charge in [0.1, 0.15) is 0 Å². The van der Waals surface area contributed by atoms with E-state index in [4.69, 9.17) is 0 Å². The Morgan fingerprint density at radius 2 is 1.95 bits per heavy atom. The minimum atomic E-state index is 0.176. The lowest BCUT2D eigenvalue weighted by molar-refractivity contribution is -0.125. The van der Waals surface area contributed by atoms with Crippen molar-refractivity contribution in [1.29, 1.82) is 0 Å². The molecule has 2 atom stereocenters. The van der Waals surface area contributed by atoms with Crippen molar-refractivity contribution in [3.8, 4) is 0 Å². The molecule has 0 aromatic carbocycles. The standard InChI is InChI=1S/C17H25N3OS/c1-13-6-7-17(22-13)20-11-14-9-19(10-15(14)12-20)16(21)5-4-8-18(2)3/h4-7,14-15H,8-12H2,1-3H3/b5-4+. The highest BCUT2D eigenvalue weighted by molar-refractivity contribution is 7.16. The van der Waals surface area contributed by atoms with Crippen molar-refractivity contribution >= 4 is 22.2 Å². The van der Waals surface area contributed by atoms with Crippen LogP contribution >= 0.6 is 11.3 Å². The molecule has 5 heteroatoms. The number of hydrogen-bond acceptors (Lipinski definition) is 4. The summed E-state index contributed by atoms with van der Waals surface area (Å²) >= 11 is 1.87. The van der Waals surface area contributed by atoms with Crippen LogP contribution in [0.3, 0.4) is 0 Å². The number of hydrogen-bond donors (Lipinski definition) is 0. The maximum atomic E-state index is 12.2. The van der Waals surface area contributed by atoms with Gasteiger partial charge in [0.15, 0.2) is 0 Å². The van der Waals surface area contributed by atoms with Crippen molar-refractivity contribution in [1.82, 2.24) is 9.80 Å². The van der Waals surface area contributed by atoms with Crippen LogP contribution in [0.25, 0.3) is 0 Å². The zero-order valence-corrected chi connectivity index (χ0v) is 14.5. The molecule has 0 bridgehead atoms. The van der Waals surface area contributed by atoms with E-state index in [1.54, 1.807) is 6.08 Å². The van der Waals surface area contributed by atoms with E-state index in [1.165, 1.54) is 9.88 Å².